The summed E-state index contributed by atoms with van der Waals surface area (Å²) < 4.78 is 1.82. The van der Waals surface area contributed by atoms with Crippen LogP contribution < -0.4 is 10.6 Å². The van der Waals surface area contributed by atoms with E-state index < -0.39 is 18.1 Å². The number of carbonyl (C=O) groups excluding carboxylic acids is 2. The number of nitrogens with zero attached hydrogens (tertiary/aromatic N) is 4. The lowest BCUT2D eigenvalue weighted by Gasteiger charge is -2.33. The van der Waals surface area contributed by atoms with Crippen LogP contribution in [0.2, 0.25) is 0 Å². The van der Waals surface area contributed by atoms with Gasteiger partial charge in [-0.15, -0.1) is 0 Å². The fourth-order valence-corrected chi connectivity index (χ4v) is 3.13. The van der Waals surface area contributed by atoms with Crippen LogP contribution in [0.15, 0.2) is 24.7 Å². The third kappa shape index (κ3) is 4.66. The van der Waals surface area contributed by atoms with Gasteiger partial charge in [0, 0.05) is 31.4 Å². The molecule has 26 heavy (non-hydrogen) atoms. The van der Waals surface area contributed by atoms with E-state index in [1.807, 2.05) is 16.9 Å². The van der Waals surface area contributed by atoms with Crippen molar-refractivity contribution < 1.29 is 14.7 Å². The van der Waals surface area contributed by atoms with Crippen molar-refractivity contribution in [2.45, 2.75) is 44.4 Å². The lowest BCUT2D eigenvalue weighted by atomic mass is 9.83. The molecule has 3 atom stereocenters. The molecule has 2 amide bonds. The standard InChI is InChI=1S/C16H23N7O3/c24-14-4-3-11(9-12(14)20-16(26)13-10-18-22-21-13)15(25)17-5-1-7-23-8-2-6-19-23/h2,6,8,10-12,14,24H,1,3-5,7,9H2,(H,17,25)(H,20,26)(H,18,21,22)/t11-,12+,14+/m0/s1. The summed E-state index contributed by atoms with van der Waals surface area (Å²) in [5.41, 5.74) is 0.155. The number of nitrogens with one attached hydrogen (secondary N) is 3. The van der Waals surface area contributed by atoms with Gasteiger partial charge in [0.05, 0.1) is 18.3 Å². The van der Waals surface area contributed by atoms with Gasteiger partial charge >= 0.3 is 0 Å². The topological polar surface area (TPSA) is 138 Å². The molecule has 1 saturated carbocycles. The second kappa shape index (κ2) is 8.56. The first-order chi connectivity index (χ1) is 12.6. The summed E-state index contributed by atoms with van der Waals surface area (Å²) in [4.78, 5) is 24.4. The molecule has 2 aromatic heterocycles. The maximum absolute atomic E-state index is 12.4. The van der Waals surface area contributed by atoms with Gasteiger partial charge in [0.1, 0.15) is 0 Å². The van der Waals surface area contributed by atoms with Gasteiger partial charge < -0.3 is 15.7 Å². The van der Waals surface area contributed by atoms with Crippen molar-refractivity contribution in [1.82, 2.24) is 35.8 Å². The van der Waals surface area contributed by atoms with Crippen molar-refractivity contribution in [3.8, 4) is 0 Å². The first-order valence-corrected chi connectivity index (χ1v) is 8.73. The van der Waals surface area contributed by atoms with E-state index in [-0.39, 0.29) is 17.5 Å². The Kier molecular flexibility index (Phi) is 5.95. The van der Waals surface area contributed by atoms with E-state index in [9.17, 15) is 14.7 Å². The molecule has 0 bridgehead atoms. The molecular weight excluding hydrogens is 338 g/mol. The molecule has 0 aliphatic heterocycles. The number of H-pyrrole nitrogens is 1. The number of aromatic amines is 1. The van der Waals surface area contributed by atoms with Crippen molar-refractivity contribution in [1.29, 1.82) is 0 Å². The zero-order chi connectivity index (χ0) is 18.4. The molecule has 10 nitrogen and oxygen atoms in total. The summed E-state index contributed by atoms with van der Waals surface area (Å²) in [6.45, 7) is 1.31. The lowest BCUT2D eigenvalue weighted by molar-refractivity contribution is -0.127. The summed E-state index contributed by atoms with van der Waals surface area (Å²) in [7, 11) is 0. The largest absolute Gasteiger partial charge is 0.391 e. The quantitative estimate of drug-likeness (QED) is 0.489. The van der Waals surface area contributed by atoms with Crippen LogP contribution >= 0.6 is 0 Å². The molecule has 2 heterocycles. The summed E-state index contributed by atoms with van der Waals surface area (Å²) in [5, 5.41) is 29.6. The highest BCUT2D eigenvalue weighted by molar-refractivity contribution is 5.92. The van der Waals surface area contributed by atoms with Crippen LogP contribution in [0.4, 0.5) is 0 Å². The van der Waals surface area contributed by atoms with E-state index in [2.05, 4.69) is 31.1 Å². The summed E-state index contributed by atoms with van der Waals surface area (Å²) in [6, 6.07) is 1.38. The maximum Gasteiger partial charge on any atom is 0.273 e. The van der Waals surface area contributed by atoms with E-state index >= 15 is 0 Å². The number of hydrogen-bond acceptors (Lipinski definition) is 6. The van der Waals surface area contributed by atoms with Gasteiger partial charge in [-0.2, -0.15) is 20.5 Å². The molecule has 1 aliphatic rings. The highest BCUT2D eigenvalue weighted by Gasteiger charge is 2.34. The summed E-state index contributed by atoms with van der Waals surface area (Å²) in [5.74, 6) is -0.688. The molecule has 0 spiro atoms. The van der Waals surface area contributed by atoms with Crippen LogP contribution in [0.1, 0.15) is 36.2 Å². The van der Waals surface area contributed by atoms with E-state index in [0.29, 0.717) is 25.8 Å². The highest BCUT2D eigenvalue weighted by Crippen LogP contribution is 2.25. The number of rotatable bonds is 7. The monoisotopic (exact) mass is 361 g/mol. The number of aliphatic hydroxyl groups excluding tert-OH is 1. The van der Waals surface area contributed by atoms with Crippen molar-refractivity contribution >= 4 is 11.8 Å². The number of aromatic nitrogens is 5. The normalized spacial score (nSPS) is 22.7. The Hall–Kier alpha value is -2.75. The van der Waals surface area contributed by atoms with Crippen LogP contribution in [0.3, 0.4) is 0 Å². The Bertz CT molecular complexity index is 702. The predicted octanol–water partition coefficient (Wildman–Crippen LogP) is -0.533. The smallest absolute Gasteiger partial charge is 0.273 e. The Morgan fingerprint density at radius 1 is 1.38 bits per heavy atom. The second-order valence-corrected chi connectivity index (χ2v) is 6.43. The third-order valence-electron chi connectivity index (χ3n) is 4.57. The molecule has 1 aliphatic carbocycles. The predicted molar refractivity (Wildman–Crippen MR) is 90.8 cm³/mol. The maximum atomic E-state index is 12.4. The second-order valence-electron chi connectivity index (χ2n) is 6.43. The van der Waals surface area contributed by atoms with E-state index in [1.165, 1.54) is 6.20 Å². The Morgan fingerprint density at radius 2 is 2.27 bits per heavy atom. The molecule has 140 valence electrons. The first-order valence-electron chi connectivity index (χ1n) is 8.73. The average Bonchev–Trinajstić information content (AvgIpc) is 3.34. The minimum absolute atomic E-state index is 0.0435. The fraction of sp³-hybridized carbons (Fsp3) is 0.562. The highest BCUT2D eigenvalue weighted by atomic mass is 16.3. The average molecular weight is 361 g/mol. The zero-order valence-electron chi connectivity index (χ0n) is 14.3. The first kappa shape index (κ1) is 18.1. The third-order valence-corrected chi connectivity index (χ3v) is 4.57. The van der Waals surface area contributed by atoms with Crippen molar-refractivity contribution in [2.24, 2.45) is 5.92 Å². The van der Waals surface area contributed by atoms with Gasteiger partial charge in [0.25, 0.3) is 5.91 Å². The summed E-state index contributed by atoms with van der Waals surface area (Å²) in [6.07, 6.45) is 6.50. The Balaban J connectivity index is 1.44. The van der Waals surface area contributed by atoms with Crippen molar-refractivity contribution in [3.63, 3.8) is 0 Å². The minimum Gasteiger partial charge on any atom is -0.391 e. The molecule has 4 N–H and O–H groups in total. The van der Waals surface area contributed by atoms with E-state index in [4.69, 9.17) is 0 Å². The van der Waals surface area contributed by atoms with Gasteiger partial charge in [-0.3, -0.25) is 14.3 Å². The molecule has 0 saturated heterocycles. The van der Waals surface area contributed by atoms with E-state index in [0.717, 1.165) is 13.0 Å². The number of carbonyl (C=O) groups is 2. The van der Waals surface area contributed by atoms with Crippen molar-refractivity contribution in [3.05, 3.63) is 30.4 Å². The van der Waals surface area contributed by atoms with Crippen LogP contribution in [-0.2, 0) is 11.3 Å². The lowest BCUT2D eigenvalue weighted by Crippen LogP contribution is -2.49. The number of aryl methyl sites for hydroxylation is 1. The molecule has 3 rings (SSSR count). The molecule has 10 heteroatoms. The molecule has 1 fully saturated rings. The van der Waals surface area contributed by atoms with Crippen LogP contribution in [-0.4, -0.2) is 60.8 Å². The zero-order valence-corrected chi connectivity index (χ0v) is 14.3. The molecule has 0 unspecified atom stereocenters. The Morgan fingerprint density at radius 3 is 3.00 bits per heavy atom. The number of aliphatic hydroxyl groups is 1. The van der Waals surface area contributed by atoms with Crippen LogP contribution in [0.25, 0.3) is 0 Å². The van der Waals surface area contributed by atoms with E-state index in [1.54, 1.807) is 6.20 Å². The van der Waals surface area contributed by atoms with Gasteiger partial charge in [-0.1, -0.05) is 0 Å². The van der Waals surface area contributed by atoms with Crippen LogP contribution in [0.5, 0.6) is 0 Å². The van der Waals surface area contributed by atoms with Gasteiger partial charge in [-0.05, 0) is 31.7 Å². The van der Waals surface area contributed by atoms with Crippen molar-refractivity contribution in [2.75, 3.05) is 6.54 Å². The number of hydrogen-bond donors (Lipinski definition) is 4. The van der Waals surface area contributed by atoms with Crippen LogP contribution in [0, 0.1) is 5.92 Å². The molecular formula is C16H23N7O3. The minimum atomic E-state index is -0.672. The fourth-order valence-electron chi connectivity index (χ4n) is 3.13. The molecule has 0 radical (unpaired) electrons. The summed E-state index contributed by atoms with van der Waals surface area (Å²) >= 11 is 0. The Labute approximate surface area is 150 Å². The SMILES string of the molecule is O=C(N[C@@H]1C[C@@H](C(=O)NCCCn2cccn2)CC[C@H]1O)c1cn[nH]n1. The molecule has 2 aromatic rings. The van der Waals surface area contributed by atoms with Gasteiger partial charge in [0.2, 0.25) is 5.91 Å². The number of amides is 2. The van der Waals surface area contributed by atoms with Gasteiger partial charge in [0.15, 0.2) is 5.69 Å². The van der Waals surface area contributed by atoms with Gasteiger partial charge in [-0.25, -0.2) is 0 Å². The molecule has 0 aromatic carbocycles.